The van der Waals surface area contributed by atoms with Crippen LogP contribution in [0.4, 0.5) is 0 Å². The lowest BCUT2D eigenvalue weighted by molar-refractivity contribution is -0.120. The van der Waals surface area contributed by atoms with Crippen molar-refractivity contribution in [3.05, 3.63) is 24.2 Å². The van der Waals surface area contributed by atoms with Gasteiger partial charge in [0.1, 0.15) is 11.7 Å². The molecule has 1 aromatic heterocycles. The molecule has 0 aliphatic rings. The van der Waals surface area contributed by atoms with E-state index in [1.807, 2.05) is 6.07 Å². The zero-order valence-electron chi connectivity index (χ0n) is 8.56. The Balaban J connectivity index is 2.86. The summed E-state index contributed by atoms with van der Waals surface area (Å²) in [4.78, 5) is 22.8. The number of rotatable bonds is 4. The Kier molecular flexibility index (Phi) is 3.40. The average molecular weight is 205 g/mol. The third-order valence-electron chi connectivity index (χ3n) is 2.25. The summed E-state index contributed by atoms with van der Waals surface area (Å²) in [6, 6.07) is 4.95. The lowest BCUT2D eigenvalue weighted by Gasteiger charge is -2.11. The normalized spacial score (nSPS) is 13.9. The number of nitrogens with zero attached hydrogens (tertiary/aromatic N) is 1. The fourth-order valence-electron chi connectivity index (χ4n) is 1.35. The Hall–Kier alpha value is -1.89. The standard InChI is InChI=1S/C11H11NO3/c1-7(9(6-12)8(2)13)11(14)10-4-3-5-15-10/h3-5,7,9H,1-2H3. The van der Waals surface area contributed by atoms with E-state index in [4.69, 9.17) is 9.68 Å². The van der Waals surface area contributed by atoms with E-state index in [2.05, 4.69) is 0 Å². The summed E-state index contributed by atoms with van der Waals surface area (Å²) < 4.78 is 4.92. The van der Waals surface area contributed by atoms with Crippen molar-refractivity contribution in [2.75, 3.05) is 0 Å². The molecule has 0 saturated heterocycles. The SMILES string of the molecule is CC(=O)C(C#N)C(C)C(=O)c1ccco1. The molecule has 1 rings (SSSR count). The Bertz CT molecular complexity index is 400. The minimum atomic E-state index is -0.900. The van der Waals surface area contributed by atoms with Gasteiger partial charge in [0.25, 0.3) is 0 Å². The minimum Gasteiger partial charge on any atom is -0.461 e. The zero-order valence-corrected chi connectivity index (χ0v) is 8.56. The van der Waals surface area contributed by atoms with Gasteiger partial charge in [0.15, 0.2) is 5.76 Å². The summed E-state index contributed by atoms with van der Waals surface area (Å²) in [5.41, 5.74) is 0. The van der Waals surface area contributed by atoms with Crippen LogP contribution in [0.1, 0.15) is 24.4 Å². The van der Waals surface area contributed by atoms with Crippen LogP contribution in [0.15, 0.2) is 22.8 Å². The third kappa shape index (κ3) is 2.32. The van der Waals surface area contributed by atoms with Crippen LogP contribution < -0.4 is 0 Å². The molecule has 0 aliphatic carbocycles. The highest BCUT2D eigenvalue weighted by molar-refractivity contribution is 5.98. The zero-order chi connectivity index (χ0) is 11.4. The molecule has 1 heterocycles. The molecule has 0 aromatic carbocycles. The maximum atomic E-state index is 11.7. The number of carbonyl (C=O) groups is 2. The van der Waals surface area contributed by atoms with Crippen LogP contribution in [0.3, 0.4) is 0 Å². The van der Waals surface area contributed by atoms with E-state index in [1.165, 1.54) is 19.3 Å². The van der Waals surface area contributed by atoms with Crippen LogP contribution in [0.2, 0.25) is 0 Å². The smallest absolute Gasteiger partial charge is 0.202 e. The number of hydrogen-bond acceptors (Lipinski definition) is 4. The van der Waals surface area contributed by atoms with E-state index in [-0.39, 0.29) is 17.3 Å². The predicted molar refractivity (Wildman–Crippen MR) is 52.0 cm³/mol. The van der Waals surface area contributed by atoms with E-state index >= 15 is 0 Å². The van der Waals surface area contributed by atoms with Gasteiger partial charge in [-0.05, 0) is 19.1 Å². The molecule has 0 saturated carbocycles. The Morgan fingerprint density at radius 2 is 2.20 bits per heavy atom. The molecular formula is C11H11NO3. The number of Topliss-reactive ketones (excluding diaryl/α,β-unsaturated/α-hetero) is 2. The van der Waals surface area contributed by atoms with E-state index < -0.39 is 11.8 Å². The fourth-order valence-corrected chi connectivity index (χ4v) is 1.35. The van der Waals surface area contributed by atoms with Crippen molar-refractivity contribution >= 4 is 11.6 Å². The van der Waals surface area contributed by atoms with Crippen LogP contribution in [-0.4, -0.2) is 11.6 Å². The minimum absolute atomic E-state index is 0.184. The molecule has 0 amide bonds. The van der Waals surface area contributed by atoms with E-state index in [0.717, 1.165) is 0 Å². The quantitative estimate of drug-likeness (QED) is 0.703. The Labute approximate surface area is 87.5 Å². The average Bonchev–Trinajstić information content (AvgIpc) is 2.69. The van der Waals surface area contributed by atoms with Gasteiger partial charge in [0.2, 0.25) is 5.78 Å². The fraction of sp³-hybridized carbons (Fsp3) is 0.364. The molecule has 4 nitrogen and oxygen atoms in total. The maximum absolute atomic E-state index is 11.7. The van der Waals surface area contributed by atoms with Gasteiger partial charge in [-0.25, -0.2) is 0 Å². The van der Waals surface area contributed by atoms with Crippen LogP contribution >= 0.6 is 0 Å². The summed E-state index contributed by atoms with van der Waals surface area (Å²) >= 11 is 0. The molecule has 78 valence electrons. The number of carbonyl (C=O) groups excluding carboxylic acids is 2. The van der Waals surface area contributed by atoms with Crippen molar-refractivity contribution in [3.63, 3.8) is 0 Å². The molecular weight excluding hydrogens is 194 g/mol. The molecule has 4 heteroatoms. The first-order chi connectivity index (χ1) is 7.07. The molecule has 0 fully saturated rings. The Morgan fingerprint density at radius 1 is 1.53 bits per heavy atom. The van der Waals surface area contributed by atoms with Crippen molar-refractivity contribution in [1.82, 2.24) is 0 Å². The number of hydrogen-bond donors (Lipinski definition) is 0. The summed E-state index contributed by atoms with van der Waals surface area (Å²) in [7, 11) is 0. The van der Waals surface area contributed by atoms with E-state index in [1.54, 1.807) is 13.0 Å². The molecule has 2 unspecified atom stereocenters. The molecule has 0 bridgehead atoms. The van der Waals surface area contributed by atoms with Gasteiger partial charge in [0.05, 0.1) is 12.3 Å². The van der Waals surface area contributed by atoms with Crippen LogP contribution in [0, 0.1) is 23.2 Å². The first kappa shape index (κ1) is 11.2. The van der Waals surface area contributed by atoms with E-state index in [9.17, 15) is 9.59 Å². The third-order valence-corrected chi connectivity index (χ3v) is 2.25. The van der Waals surface area contributed by atoms with Gasteiger partial charge >= 0.3 is 0 Å². The predicted octanol–water partition coefficient (Wildman–Crippen LogP) is 1.83. The van der Waals surface area contributed by atoms with Crippen molar-refractivity contribution < 1.29 is 14.0 Å². The number of furan rings is 1. The molecule has 2 atom stereocenters. The molecule has 0 spiro atoms. The molecule has 0 N–H and O–H groups in total. The number of nitriles is 1. The van der Waals surface area contributed by atoms with E-state index in [0.29, 0.717) is 0 Å². The lowest BCUT2D eigenvalue weighted by Crippen LogP contribution is -2.25. The van der Waals surface area contributed by atoms with Crippen LogP contribution in [0.25, 0.3) is 0 Å². The highest BCUT2D eigenvalue weighted by atomic mass is 16.3. The Morgan fingerprint density at radius 3 is 2.60 bits per heavy atom. The first-order valence-corrected chi connectivity index (χ1v) is 4.55. The monoisotopic (exact) mass is 205 g/mol. The topological polar surface area (TPSA) is 71.1 Å². The second-order valence-electron chi connectivity index (χ2n) is 3.35. The highest BCUT2D eigenvalue weighted by Crippen LogP contribution is 2.18. The molecule has 1 aromatic rings. The molecule has 0 aliphatic heterocycles. The number of ketones is 2. The highest BCUT2D eigenvalue weighted by Gasteiger charge is 2.29. The second-order valence-corrected chi connectivity index (χ2v) is 3.35. The van der Waals surface area contributed by atoms with Crippen molar-refractivity contribution in [3.8, 4) is 6.07 Å². The van der Waals surface area contributed by atoms with Gasteiger partial charge in [-0.2, -0.15) is 5.26 Å². The van der Waals surface area contributed by atoms with Crippen LogP contribution in [-0.2, 0) is 4.79 Å². The summed E-state index contributed by atoms with van der Waals surface area (Å²) in [6.45, 7) is 2.86. The molecule has 15 heavy (non-hydrogen) atoms. The second kappa shape index (κ2) is 4.56. The van der Waals surface area contributed by atoms with Gasteiger partial charge in [-0.3, -0.25) is 9.59 Å². The van der Waals surface area contributed by atoms with Crippen molar-refractivity contribution in [2.45, 2.75) is 13.8 Å². The van der Waals surface area contributed by atoms with Gasteiger partial charge < -0.3 is 4.42 Å². The molecule has 0 radical (unpaired) electrons. The van der Waals surface area contributed by atoms with Gasteiger partial charge in [-0.15, -0.1) is 0 Å². The van der Waals surface area contributed by atoms with Crippen LogP contribution in [0.5, 0.6) is 0 Å². The summed E-state index contributed by atoms with van der Waals surface area (Å²) in [5.74, 6) is -2.00. The summed E-state index contributed by atoms with van der Waals surface area (Å²) in [5, 5.41) is 8.76. The van der Waals surface area contributed by atoms with Crippen molar-refractivity contribution in [1.29, 1.82) is 5.26 Å². The largest absolute Gasteiger partial charge is 0.461 e. The van der Waals surface area contributed by atoms with Gasteiger partial charge in [0, 0.05) is 5.92 Å². The maximum Gasteiger partial charge on any atom is 0.202 e. The van der Waals surface area contributed by atoms with Crippen molar-refractivity contribution in [2.24, 2.45) is 11.8 Å². The lowest BCUT2D eigenvalue weighted by atomic mass is 9.88. The first-order valence-electron chi connectivity index (χ1n) is 4.55. The summed E-state index contributed by atoms with van der Waals surface area (Å²) in [6.07, 6.45) is 1.38. The van der Waals surface area contributed by atoms with Gasteiger partial charge in [-0.1, -0.05) is 6.92 Å².